The number of hydrogen-bond donors (Lipinski definition) is 0. The molecule has 0 saturated carbocycles. The van der Waals surface area contributed by atoms with E-state index in [0.717, 1.165) is 11.4 Å². The standard InChI is InChI=1S/C50H33NS/c1-3-9-40-29-44(19-17-34(40)7-1)38-15-13-36(14-16-38)37-21-25-47(26-22-37)51(50-33-46-31-42-11-5-6-12-43(42)32-49(46)52-50)48-27-23-39(24-28-48)45-20-18-35-8-2-4-10-41(35)30-45/h1-33H. The highest BCUT2D eigenvalue weighted by molar-refractivity contribution is 7.23. The summed E-state index contributed by atoms with van der Waals surface area (Å²) in [4.78, 5) is 2.39. The molecule has 1 aromatic heterocycles. The van der Waals surface area contributed by atoms with Crippen LogP contribution in [0.2, 0.25) is 0 Å². The maximum Gasteiger partial charge on any atom is 0.101 e. The van der Waals surface area contributed by atoms with Crippen molar-refractivity contribution in [3.63, 3.8) is 0 Å². The summed E-state index contributed by atoms with van der Waals surface area (Å²) in [5.41, 5.74) is 9.56. The van der Waals surface area contributed by atoms with Gasteiger partial charge in [-0.15, -0.1) is 11.3 Å². The van der Waals surface area contributed by atoms with Crippen LogP contribution < -0.4 is 4.90 Å². The van der Waals surface area contributed by atoms with Crippen molar-refractivity contribution in [1.82, 2.24) is 0 Å². The number of thiophene rings is 1. The third-order valence-corrected chi connectivity index (χ3v) is 11.3. The van der Waals surface area contributed by atoms with Crippen LogP contribution in [0.3, 0.4) is 0 Å². The highest BCUT2D eigenvalue weighted by atomic mass is 32.1. The van der Waals surface area contributed by atoms with Crippen molar-refractivity contribution in [3.8, 4) is 33.4 Å². The topological polar surface area (TPSA) is 3.24 Å². The van der Waals surface area contributed by atoms with Gasteiger partial charge in [-0.1, -0.05) is 146 Å². The fourth-order valence-electron chi connectivity index (χ4n) is 7.43. The van der Waals surface area contributed by atoms with E-state index < -0.39 is 0 Å². The van der Waals surface area contributed by atoms with Gasteiger partial charge in [0.25, 0.3) is 0 Å². The summed E-state index contributed by atoms with van der Waals surface area (Å²) in [6.07, 6.45) is 0. The molecule has 0 unspecified atom stereocenters. The van der Waals surface area contributed by atoms with E-state index in [4.69, 9.17) is 0 Å². The van der Waals surface area contributed by atoms with Crippen molar-refractivity contribution in [2.24, 2.45) is 0 Å². The molecular formula is C50H33NS. The molecule has 0 N–H and O–H groups in total. The minimum absolute atomic E-state index is 1.13. The SMILES string of the molecule is c1ccc2cc(-c3ccc(-c4ccc(N(c5ccc(-c6ccc7ccccc7c6)cc5)c5cc6cc7ccccc7cc6s5)cc4)cc3)ccc2c1. The third-order valence-electron chi connectivity index (χ3n) is 10.2. The van der Waals surface area contributed by atoms with Gasteiger partial charge in [-0.3, -0.25) is 0 Å². The number of rotatable bonds is 6. The van der Waals surface area contributed by atoms with E-state index in [1.54, 1.807) is 0 Å². The van der Waals surface area contributed by atoms with Gasteiger partial charge in [-0.2, -0.15) is 0 Å². The van der Waals surface area contributed by atoms with Crippen LogP contribution in [0.1, 0.15) is 0 Å². The summed E-state index contributed by atoms with van der Waals surface area (Å²) in [7, 11) is 0. The van der Waals surface area contributed by atoms with Crippen molar-refractivity contribution in [3.05, 3.63) is 200 Å². The lowest BCUT2D eigenvalue weighted by atomic mass is 9.98. The Kier molecular flexibility index (Phi) is 7.41. The van der Waals surface area contributed by atoms with Crippen LogP contribution in [0.15, 0.2) is 200 Å². The van der Waals surface area contributed by atoms with Crippen LogP contribution in [-0.4, -0.2) is 0 Å². The molecule has 9 aromatic carbocycles. The second-order valence-electron chi connectivity index (χ2n) is 13.5. The molecule has 0 aliphatic carbocycles. The maximum absolute atomic E-state index is 2.39. The van der Waals surface area contributed by atoms with Crippen LogP contribution in [0, 0.1) is 0 Å². The van der Waals surface area contributed by atoms with Gasteiger partial charge in [-0.25, -0.2) is 0 Å². The van der Waals surface area contributed by atoms with Gasteiger partial charge in [0.1, 0.15) is 5.00 Å². The zero-order chi connectivity index (χ0) is 34.4. The Bertz CT molecular complexity index is 2830. The van der Waals surface area contributed by atoms with E-state index >= 15 is 0 Å². The molecule has 1 nitrogen and oxygen atoms in total. The van der Waals surface area contributed by atoms with E-state index in [9.17, 15) is 0 Å². The third kappa shape index (κ3) is 5.60. The second-order valence-corrected chi connectivity index (χ2v) is 14.5. The summed E-state index contributed by atoms with van der Waals surface area (Å²) >= 11 is 1.84. The Balaban J connectivity index is 1.00. The van der Waals surface area contributed by atoms with Crippen LogP contribution >= 0.6 is 11.3 Å². The highest BCUT2D eigenvalue weighted by Gasteiger charge is 2.17. The zero-order valence-electron chi connectivity index (χ0n) is 28.4. The number of fused-ring (bicyclic) bond motifs is 4. The molecular weight excluding hydrogens is 647 g/mol. The first-order valence-corrected chi connectivity index (χ1v) is 18.5. The molecule has 0 amide bonds. The molecule has 0 fully saturated rings. The number of benzene rings is 9. The first kappa shape index (κ1) is 30.4. The van der Waals surface area contributed by atoms with E-state index in [2.05, 4.69) is 205 Å². The predicted octanol–water partition coefficient (Wildman–Crippen LogP) is 14.8. The quantitative estimate of drug-likeness (QED) is 0.169. The average Bonchev–Trinajstić information content (AvgIpc) is 3.62. The summed E-state index contributed by atoms with van der Waals surface area (Å²) < 4.78 is 1.29. The Labute approximate surface area is 307 Å². The summed E-state index contributed by atoms with van der Waals surface area (Å²) in [5.74, 6) is 0. The lowest BCUT2D eigenvalue weighted by molar-refractivity contribution is 1.32. The Morgan fingerprint density at radius 2 is 0.635 bits per heavy atom. The molecule has 0 radical (unpaired) electrons. The molecule has 244 valence electrons. The normalized spacial score (nSPS) is 11.5. The van der Waals surface area contributed by atoms with Crippen molar-refractivity contribution >= 4 is 70.1 Å². The van der Waals surface area contributed by atoms with E-state index in [0.29, 0.717) is 0 Å². The van der Waals surface area contributed by atoms with Crippen LogP contribution in [0.25, 0.3) is 75.8 Å². The first-order chi connectivity index (χ1) is 25.7. The van der Waals surface area contributed by atoms with Gasteiger partial charge < -0.3 is 4.90 Å². The van der Waals surface area contributed by atoms with Crippen molar-refractivity contribution in [2.75, 3.05) is 4.90 Å². The van der Waals surface area contributed by atoms with E-state index in [1.807, 2.05) is 11.3 Å². The van der Waals surface area contributed by atoms with Crippen molar-refractivity contribution in [1.29, 1.82) is 0 Å². The van der Waals surface area contributed by atoms with Crippen LogP contribution in [0.5, 0.6) is 0 Å². The van der Waals surface area contributed by atoms with Gasteiger partial charge in [-0.05, 0) is 126 Å². The van der Waals surface area contributed by atoms with Crippen molar-refractivity contribution in [2.45, 2.75) is 0 Å². The summed E-state index contributed by atoms with van der Waals surface area (Å²) in [6.45, 7) is 0. The largest absolute Gasteiger partial charge is 0.302 e. The minimum atomic E-state index is 1.13. The Morgan fingerprint density at radius 3 is 1.12 bits per heavy atom. The summed E-state index contributed by atoms with van der Waals surface area (Å²) in [5, 5.41) is 10.0. The molecule has 1 heterocycles. The monoisotopic (exact) mass is 679 g/mol. The minimum Gasteiger partial charge on any atom is -0.302 e. The average molecular weight is 680 g/mol. The number of anilines is 3. The van der Waals surface area contributed by atoms with Gasteiger partial charge in [0.15, 0.2) is 0 Å². The number of nitrogens with zero attached hydrogens (tertiary/aromatic N) is 1. The fourth-order valence-corrected chi connectivity index (χ4v) is 8.56. The van der Waals surface area contributed by atoms with E-state index in [-0.39, 0.29) is 0 Å². The smallest absolute Gasteiger partial charge is 0.101 e. The molecule has 52 heavy (non-hydrogen) atoms. The van der Waals surface area contributed by atoms with Crippen LogP contribution in [0.4, 0.5) is 16.4 Å². The maximum atomic E-state index is 2.39. The van der Waals surface area contributed by atoms with E-state index in [1.165, 1.54) is 80.8 Å². The van der Waals surface area contributed by atoms with Gasteiger partial charge in [0, 0.05) is 16.1 Å². The molecule has 0 aliphatic rings. The molecule has 2 heteroatoms. The van der Waals surface area contributed by atoms with Crippen LogP contribution in [-0.2, 0) is 0 Å². The molecule has 0 saturated heterocycles. The van der Waals surface area contributed by atoms with Gasteiger partial charge >= 0.3 is 0 Å². The molecule has 0 aliphatic heterocycles. The molecule has 0 spiro atoms. The number of hydrogen-bond acceptors (Lipinski definition) is 2. The highest BCUT2D eigenvalue weighted by Crippen LogP contribution is 2.43. The lowest BCUT2D eigenvalue weighted by Crippen LogP contribution is -2.08. The first-order valence-electron chi connectivity index (χ1n) is 17.7. The lowest BCUT2D eigenvalue weighted by Gasteiger charge is -2.24. The Hall–Kier alpha value is -6.48. The summed E-state index contributed by atoms with van der Waals surface area (Å²) in [6, 6.07) is 73.1. The molecule has 0 bridgehead atoms. The predicted molar refractivity (Wildman–Crippen MR) is 225 cm³/mol. The molecule has 10 aromatic rings. The van der Waals surface area contributed by atoms with Crippen molar-refractivity contribution < 1.29 is 0 Å². The molecule has 10 rings (SSSR count). The Morgan fingerprint density at radius 1 is 0.269 bits per heavy atom. The second kappa shape index (κ2) is 12.7. The zero-order valence-corrected chi connectivity index (χ0v) is 29.2. The fraction of sp³-hybridized carbons (Fsp3) is 0. The molecule has 0 atom stereocenters. The van der Waals surface area contributed by atoms with Gasteiger partial charge in [0.2, 0.25) is 0 Å². The van der Waals surface area contributed by atoms with Gasteiger partial charge in [0.05, 0.1) is 0 Å².